The Hall–Kier alpha value is -0.840. The maximum atomic E-state index is 6.21. The van der Waals surface area contributed by atoms with Crippen molar-refractivity contribution >= 4 is 34.0 Å². The van der Waals surface area contributed by atoms with Crippen molar-refractivity contribution in [3.8, 4) is 5.88 Å². The summed E-state index contributed by atoms with van der Waals surface area (Å²) < 4.78 is 11.9. The van der Waals surface area contributed by atoms with Crippen LogP contribution in [0.25, 0.3) is 10.1 Å². The monoisotopic (exact) mass is 310 g/mol. The molecule has 2 aliphatic heterocycles. The average molecular weight is 311 g/mol. The Morgan fingerprint density at radius 1 is 1.20 bits per heavy atom. The molecule has 2 saturated heterocycles. The maximum absolute atomic E-state index is 6.21. The molecule has 3 heterocycles. The van der Waals surface area contributed by atoms with Crippen LogP contribution in [0.4, 0.5) is 0 Å². The molecule has 20 heavy (non-hydrogen) atoms. The van der Waals surface area contributed by atoms with E-state index in [9.17, 15) is 0 Å². The molecule has 0 spiro atoms. The Labute approximate surface area is 129 Å². The molecular weight excluding hydrogens is 292 g/mol. The van der Waals surface area contributed by atoms with Crippen LogP contribution in [0.1, 0.15) is 25.7 Å². The molecule has 0 N–H and O–H groups in total. The summed E-state index contributed by atoms with van der Waals surface area (Å²) in [5, 5.41) is 1.17. The SMILES string of the molecule is CN1[C@@H]2CC[C@H]1C[C@H](Oc1nsc3ccccc13)C2.Cl. The van der Waals surface area contributed by atoms with Gasteiger partial charge in [-0.05, 0) is 56.4 Å². The highest BCUT2D eigenvalue weighted by molar-refractivity contribution is 7.13. The summed E-state index contributed by atoms with van der Waals surface area (Å²) in [7, 11) is 2.26. The summed E-state index contributed by atoms with van der Waals surface area (Å²) in [6.45, 7) is 0. The first-order valence-electron chi connectivity index (χ1n) is 7.04. The second-order valence-corrected chi connectivity index (χ2v) is 6.55. The summed E-state index contributed by atoms with van der Waals surface area (Å²) in [6, 6.07) is 9.76. The number of benzene rings is 1. The van der Waals surface area contributed by atoms with Gasteiger partial charge in [-0.2, -0.15) is 4.37 Å². The van der Waals surface area contributed by atoms with Crippen molar-refractivity contribution in [1.29, 1.82) is 0 Å². The third-order valence-corrected chi connectivity index (χ3v) is 5.49. The molecule has 5 heteroatoms. The van der Waals surface area contributed by atoms with E-state index in [2.05, 4.69) is 40.6 Å². The van der Waals surface area contributed by atoms with Crippen molar-refractivity contribution in [2.24, 2.45) is 0 Å². The van der Waals surface area contributed by atoms with Gasteiger partial charge in [-0.1, -0.05) is 12.1 Å². The van der Waals surface area contributed by atoms with Crippen molar-refractivity contribution in [3.63, 3.8) is 0 Å². The summed E-state index contributed by atoms with van der Waals surface area (Å²) in [6.07, 6.45) is 5.31. The summed E-state index contributed by atoms with van der Waals surface area (Å²) in [5.41, 5.74) is 0. The lowest BCUT2D eigenvalue weighted by molar-refractivity contribution is 0.0649. The van der Waals surface area contributed by atoms with Gasteiger partial charge in [-0.15, -0.1) is 12.4 Å². The van der Waals surface area contributed by atoms with E-state index < -0.39 is 0 Å². The predicted molar refractivity (Wildman–Crippen MR) is 85.1 cm³/mol. The van der Waals surface area contributed by atoms with Crippen LogP contribution in [0.15, 0.2) is 24.3 Å². The van der Waals surface area contributed by atoms with E-state index in [1.165, 1.54) is 34.5 Å². The maximum Gasteiger partial charge on any atom is 0.233 e. The van der Waals surface area contributed by atoms with Gasteiger partial charge >= 0.3 is 0 Å². The van der Waals surface area contributed by atoms with Gasteiger partial charge in [0.05, 0.1) is 10.1 Å². The summed E-state index contributed by atoms with van der Waals surface area (Å²) in [4.78, 5) is 2.54. The number of rotatable bonds is 2. The van der Waals surface area contributed by atoms with Crippen LogP contribution in [0.2, 0.25) is 0 Å². The van der Waals surface area contributed by atoms with Crippen LogP contribution in [-0.4, -0.2) is 34.5 Å². The molecule has 0 unspecified atom stereocenters. The van der Waals surface area contributed by atoms with Gasteiger partial charge in [0.2, 0.25) is 5.88 Å². The van der Waals surface area contributed by atoms with E-state index in [-0.39, 0.29) is 12.4 Å². The molecule has 2 aromatic rings. The number of hydrogen-bond donors (Lipinski definition) is 0. The molecule has 4 rings (SSSR count). The summed E-state index contributed by atoms with van der Waals surface area (Å²) in [5.74, 6) is 0.842. The highest BCUT2D eigenvalue weighted by atomic mass is 35.5. The van der Waals surface area contributed by atoms with Crippen molar-refractivity contribution < 1.29 is 4.74 Å². The van der Waals surface area contributed by atoms with Gasteiger partial charge < -0.3 is 9.64 Å². The topological polar surface area (TPSA) is 25.4 Å². The lowest BCUT2D eigenvalue weighted by atomic mass is 10.0. The van der Waals surface area contributed by atoms with E-state index in [0.717, 1.165) is 18.7 Å². The number of piperidine rings is 1. The van der Waals surface area contributed by atoms with Gasteiger partial charge in [0.15, 0.2) is 0 Å². The second-order valence-electron chi connectivity index (χ2n) is 5.75. The summed E-state index contributed by atoms with van der Waals surface area (Å²) >= 11 is 1.53. The number of ether oxygens (including phenoxy) is 1. The minimum Gasteiger partial charge on any atom is -0.473 e. The van der Waals surface area contributed by atoms with Gasteiger partial charge in [0.25, 0.3) is 0 Å². The van der Waals surface area contributed by atoms with E-state index in [1.807, 2.05) is 0 Å². The molecule has 3 atom stereocenters. The van der Waals surface area contributed by atoms with E-state index in [1.54, 1.807) is 0 Å². The number of nitrogens with zero attached hydrogens (tertiary/aromatic N) is 2. The van der Waals surface area contributed by atoms with E-state index >= 15 is 0 Å². The van der Waals surface area contributed by atoms with Crippen molar-refractivity contribution in [2.75, 3.05) is 7.05 Å². The normalized spacial score (nSPS) is 29.4. The van der Waals surface area contributed by atoms with Crippen LogP contribution in [-0.2, 0) is 0 Å². The lowest BCUT2D eigenvalue weighted by Gasteiger charge is -2.35. The Balaban J connectivity index is 0.00000121. The van der Waals surface area contributed by atoms with Crippen LogP contribution >= 0.6 is 23.9 Å². The molecule has 0 radical (unpaired) electrons. The highest BCUT2D eigenvalue weighted by Gasteiger charge is 2.39. The molecule has 2 aliphatic rings. The molecule has 3 nitrogen and oxygen atoms in total. The van der Waals surface area contributed by atoms with Crippen molar-refractivity contribution in [2.45, 2.75) is 43.9 Å². The molecular formula is C15H19ClN2OS. The Morgan fingerprint density at radius 2 is 1.90 bits per heavy atom. The number of fused-ring (bicyclic) bond motifs is 3. The lowest BCUT2D eigenvalue weighted by Crippen LogP contribution is -2.43. The van der Waals surface area contributed by atoms with Crippen LogP contribution < -0.4 is 4.74 Å². The zero-order chi connectivity index (χ0) is 12.8. The first kappa shape index (κ1) is 14.1. The van der Waals surface area contributed by atoms with Gasteiger partial charge in [-0.25, -0.2) is 0 Å². The zero-order valence-electron chi connectivity index (χ0n) is 11.5. The van der Waals surface area contributed by atoms with Crippen molar-refractivity contribution in [3.05, 3.63) is 24.3 Å². The fraction of sp³-hybridized carbons (Fsp3) is 0.533. The molecule has 0 saturated carbocycles. The fourth-order valence-electron chi connectivity index (χ4n) is 3.56. The molecule has 108 valence electrons. The van der Waals surface area contributed by atoms with E-state index in [4.69, 9.17) is 4.74 Å². The third-order valence-electron chi connectivity index (χ3n) is 4.68. The van der Waals surface area contributed by atoms with Gasteiger partial charge in [-0.3, -0.25) is 0 Å². The smallest absolute Gasteiger partial charge is 0.233 e. The Bertz CT molecular complexity index is 588. The van der Waals surface area contributed by atoms with Crippen molar-refractivity contribution in [1.82, 2.24) is 9.27 Å². The molecule has 2 fully saturated rings. The quantitative estimate of drug-likeness (QED) is 0.845. The molecule has 1 aromatic heterocycles. The van der Waals surface area contributed by atoms with Crippen LogP contribution in [0.3, 0.4) is 0 Å². The number of aromatic nitrogens is 1. The Kier molecular flexibility index (Phi) is 3.89. The van der Waals surface area contributed by atoms with Crippen LogP contribution in [0.5, 0.6) is 5.88 Å². The molecule has 0 amide bonds. The second kappa shape index (κ2) is 5.51. The minimum absolute atomic E-state index is 0. The fourth-order valence-corrected chi connectivity index (χ4v) is 4.28. The largest absolute Gasteiger partial charge is 0.473 e. The van der Waals surface area contributed by atoms with Crippen LogP contribution in [0, 0.1) is 0 Å². The van der Waals surface area contributed by atoms with Gasteiger partial charge in [0.1, 0.15) is 6.10 Å². The van der Waals surface area contributed by atoms with E-state index in [0.29, 0.717) is 18.2 Å². The highest BCUT2D eigenvalue weighted by Crippen LogP contribution is 2.37. The average Bonchev–Trinajstić information content (AvgIpc) is 2.89. The molecule has 2 bridgehead atoms. The number of hydrogen-bond acceptors (Lipinski definition) is 4. The third kappa shape index (κ3) is 2.30. The molecule has 0 aliphatic carbocycles. The predicted octanol–water partition coefficient (Wildman–Crippen LogP) is 3.72. The van der Waals surface area contributed by atoms with Gasteiger partial charge in [0, 0.05) is 12.1 Å². The zero-order valence-corrected chi connectivity index (χ0v) is 13.1. The Morgan fingerprint density at radius 3 is 2.65 bits per heavy atom. The number of halogens is 1. The first-order valence-corrected chi connectivity index (χ1v) is 7.81. The molecule has 1 aromatic carbocycles. The minimum atomic E-state index is 0. The standard InChI is InChI=1S/C15H18N2OS.ClH/c1-17-10-6-7-11(17)9-12(8-10)18-15-13-4-2-3-5-14(13)19-16-15;/h2-5,10-12H,6-9H2,1H3;1H/t10-,11+,12-;. The first-order chi connectivity index (χ1) is 9.31.